The summed E-state index contributed by atoms with van der Waals surface area (Å²) >= 11 is 0. The van der Waals surface area contributed by atoms with Crippen LogP contribution in [0.2, 0.25) is 0 Å². The summed E-state index contributed by atoms with van der Waals surface area (Å²) < 4.78 is 24.8. The van der Waals surface area contributed by atoms with Crippen molar-refractivity contribution >= 4 is 46.1 Å². The molecule has 6 rings (SSSR count). The fraction of sp³-hybridized carbons (Fsp3) is 0.265. The summed E-state index contributed by atoms with van der Waals surface area (Å²) in [5.41, 5.74) is 0.449. The second-order valence-corrected chi connectivity index (χ2v) is 11.5. The van der Waals surface area contributed by atoms with Gasteiger partial charge in [0, 0.05) is 42.1 Å². The van der Waals surface area contributed by atoms with Crippen molar-refractivity contribution in [2.45, 2.75) is 31.7 Å². The van der Waals surface area contributed by atoms with E-state index < -0.39 is 35.0 Å². The first-order chi connectivity index (χ1) is 22.7. The molecule has 4 amide bonds. The molecule has 12 nitrogen and oxygen atoms in total. The molecule has 1 aliphatic carbocycles. The standard InChI is InChI=1S/C34H32FN5O7/c1-46-29-18-27-25(17-26(29)30(41)37-19-23-3-2-16-40(23)33(44)45)28(12-15-36-27)47-24-10-8-22(9-11-24)39-32(43)34(13-14-34)31(42)38-21-6-4-20(35)5-7-21/h4-12,15,17-18,23H,2-3,13-14,16,19H2,1H3,(H,37,41)(H,38,42)(H,39,43)(H,44,45). The number of halogens is 1. The van der Waals surface area contributed by atoms with Crippen LogP contribution in [0.3, 0.4) is 0 Å². The highest BCUT2D eigenvalue weighted by Gasteiger charge is 2.56. The number of hydrogen-bond donors (Lipinski definition) is 4. The van der Waals surface area contributed by atoms with E-state index in [2.05, 4.69) is 20.9 Å². The number of aromatic nitrogens is 1. The van der Waals surface area contributed by atoms with E-state index in [4.69, 9.17) is 9.47 Å². The number of carboxylic acid groups (broad SMARTS) is 1. The maximum Gasteiger partial charge on any atom is 0.407 e. The van der Waals surface area contributed by atoms with Gasteiger partial charge in [-0.25, -0.2) is 9.18 Å². The number of fused-ring (bicyclic) bond motifs is 1. The lowest BCUT2D eigenvalue weighted by Gasteiger charge is -2.22. The van der Waals surface area contributed by atoms with Gasteiger partial charge in [0.05, 0.1) is 24.2 Å². The molecule has 242 valence electrons. The zero-order valence-corrected chi connectivity index (χ0v) is 25.4. The van der Waals surface area contributed by atoms with E-state index in [1.165, 1.54) is 36.3 Å². The maximum atomic E-state index is 13.2. The minimum absolute atomic E-state index is 0.172. The molecule has 0 radical (unpaired) electrons. The minimum Gasteiger partial charge on any atom is -0.496 e. The number of likely N-dealkylation sites (tertiary alicyclic amines) is 1. The molecule has 1 saturated carbocycles. The van der Waals surface area contributed by atoms with Gasteiger partial charge in [0.25, 0.3) is 5.91 Å². The minimum atomic E-state index is -1.20. The van der Waals surface area contributed by atoms with Crippen LogP contribution in [0.1, 0.15) is 36.0 Å². The van der Waals surface area contributed by atoms with Gasteiger partial charge in [-0.05, 0) is 86.3 Å². The van der Waals surface area contributed by atoms with E-state index in [-0.39, 0.29) is 18.2 Å². The van der Waals surface area contributed by atoms with Gasteiger partial charge in [-0.2, -0.15) is 0 Å². The smallest absolute Gasteiger partial charge is 0.407 e. The van der Waals surface area contributed by atoms with Crippen LogP contribution in [0.4, 0.5) is 20.6 Å². The number of carbonyl (C=O) groups excluding carboxylic acids is 3. The van der Waals surface area contributed by atoms with E-state index in [1.54, 1.807) is 48.7 Å². The average molecular weight is 642 g/mol. The summed E-state index contributed by atoms with van der Waals surface area (Å²) in [7, 11) is 1.45. The fourth-order valence-electron chi connectivity index (χ4n) is 5.64. The third-order valence-electron chi connectivity index (χ3n) is 8.45. The zero-order valence-electron chi connectivity index (χ0n) is 25.4. The lowest BCUT2D eigenvalue weighted by atomic mass is 10.0. The van der Waals surface area contributed by atoms with Crippen LogP contribution in [0, 0.1) is 11.2 Å². The van der Waals surface area contributed by atoms with E-state index in [0.717, 1.165) is 6.42 Å². The molecule has 4 aromatic rings. The SMILES string of the molecule is COc1cc2nccc(Oc3ccc(NC(=O)C4(C(=O)Nc5ccc(F)cc5)CC4)cc3)c2cc1C(=O)NCC1CCCN1C(=O)O. The lowest BCUT2D eigenvalue weighted by molar-refractivity contribution is -0.131. The van der Waals surface area contributed by atoms with Gasteiger partial charge in [0.15, 0.2) is 0 Å². The first-order valence-corrected chi connectivity index (χ1v) is 15.1. The highest BCUT2D eigenvalue weighted by Crippen LogP contribution is 2.47. The number of nitrogens with one attached hydrogen (secondary N) is 3. The van der Waals surface area contributed by atoms with E-state index in [9.17, 15) is 28.7 Å². The van der Waals surface area contributed by atoms with Crippen molar-refractivity contribution < 1.29 is 38.1 Å². The average Bonchev–Trinajstić information content (AvgIpc) is 3.76. The molecular formula is C34H32FN5O7. The number of methoxy groups -OCH3 is 1. The molecule has 0 spiro atoms. The molecule has 1 atom stereocenters. The van der Waals surface area contributed by atoms with Crippen molar-refractivity contribution in [2.24, 2.45) is 5.41 Å². The Kier molecular flexibility index (Phi) is 8.61. The summed E-state index contributed by atoms with van der Waals surface area (Å²) in [6.07, 6.45) is 2.76. The number of hydrogen-bond acceptors (Lipinski definition) is 7. The Morgan fingerprint density at radius 2 is 1.62 bits per heavy atom. The lowest BCUT2D eigenvalue weighted by Crippen LogP contribution is -2.42. The molecule has 1 saturated heterocycles. The number of nitrogens with zero attached hydrogens (tertiary/aromatic N) is 2. The fourth-order valence-corrected chi connectivity index (χ4v) is 5.64. The molecule has 13 heteroatoms. The molecule has 47 heavy (non-hydrogen) atoms. The van der Waals surface area contributed by atoms with Gasteiger partial charge in [0.1, 0.15) is 28.5 Å². The third kappa shape index (κ3) is 6.64. The molecular weight excluding hydrogens is 609 g/mol. The van der Waals surface area contributed by atoms with Crippen LogP contribution in [-0.4, -0.2) is 65.0 Å². The van der Waals surface area contributed by atoms with Crippen LogP contribution in [0.15, 0.2) is 72.9 Å². The zero-order chi connectivity index (χ0) is 33.1. The molecule has 1 unspecified atom stereocenters. The number of anilines is 2. The molecule has 0 bridgehead atoms. The summed E-state index contributed by atoms with van der Waals surface area (Å²) in [6.45, 7) is 0.608. The quantitative estimate of drug-likeness (QED) is 0.168. The number of rotatable bonds is 10. The van der Waals surface area contributed by atoms with Gasteiger partial charge >= 0.3 is 6.09 Å². The van der Waals surface area contributed by atoms with Gasteiger partial charge in [-0.3, -0.25) is 19.4 Å². The molecule has 4 N–H and O–H groups in total. The van der Waals surface area contributed by atoms with Crippen molar-refractivity contribution in [3.8, 4) is 17.2 Å². The van der Waals surface area contributed by atoms with Gasteiger partial charge < -0.3 is 35.4 Å². The van der Waals surface area contributed by atoms with E-state index >= 15 is 0 Å². The Morgan fingerprint density at radius 3 is 2.23 bits per heavy atom. The Balaban J connectivity index is 1.13. The van der Waals surface area contributed by atoms with Crippen LogP contribution in [0.25, 0.3) is 10.9 Å². The predicted molar refractivity (Wildman–Crippen MR) is 170 cm³/mol. The molecule has 2 fully saturated rings. The summed E-state index contributed by atoms with van der Waals surface area (Å²) in [4.78, 5) is 56.4. The Bertz CT molecular complexity index is 1840. The van der Waals surface area contributed by atoms with Crippen LogP contribution in [-0.2, 0) is 9.59 Å². The van der Waals surface area contributed by atoms with Gasteiger partial charge in [-0.15, -0.1) is 0 Å². The largest absolute Gasteiger partial charge is 0.496 e. The van der Waals surface area contributed by atoms with Gasteiger partial charge in [-0.1, -0.05) is 0 Å². The normalized spacial score (nSPS) is 16.3. The number of amides is 4. The predicted octanol–water partition coefficient (Wildman–Crippen LogP) is 5.40. The molecule has 2 aliphatic rings. The Hall–Kier alpha value is -5.72. The van der Waals surface area contributed by atoms with Crippen molar-refractivity contribution in [1.82, 2.24) is 15.2 Å². The summed E-state index contributed by atoms with van der Waals surface area (Å²) in [5.74, 6) is -0.554. The Labute approximate surface area is 268 Å². The van der Waals surface area contributed by atoms with Crippen LogP contribution >= 0.6 is 0 Å². The second kappa shape index (κ2) is 12.9. The van der Waals surface area contributed by atoms with Crippen molar-refractivity contribution in [3.05, 3.63) is 84.3 Å². The van der Waals surface area contributed by atoms with Crippen molar-refractivity contribution in [2.75, 3.05) is 30.8 Å². The monoisotopic (exact) mass is 641 g/mol. The summed E-state index contributed by atoms with van der Waals surface area (Å²) in [6, 6.07) is 16.6. The second-order valence-electron chi connectivity index (χ2n) is 11.5. The Morgan fingerprint density at radius 1 is 0.957 bits per heavy atom. The van der Waals surface area contributed by atoms with Crippen molar-refractivity contribution in [3.63, 3.8) is 0 Å². The number of benzene rings is 3. The maximum absolute atomic E-state index is 13.2. The van der Waals surface area contributed by atoms with E-state index in [1.807, 2.05) is 0 Å². The highest BCUT2D eigenvalue weighted by atomic mass is 19.1. The number of carbonyl (C=O) groups is 4. The van der Waals surface area contributed by atoms with Gasteiger partial charge in [0.2, 0.25) is 11.8 Å². The highest BCUT2D eigenvalue weighted by molar-refractivity contribution is 6.17. The third-order valence-corrected chi connectivity index (χ3v) is 8.45. The number of pyridine rings is 1. The summed E-state index contributed by atoms with van der Waals surface area (Å²) in [5, 5.41) is 18.3. The van der Waals surface area contributed by atoms with Crippen LogP contribution < -0.4 is 25.4 Å². The topological polar surface area (TPSA) is 159 Å². The van der Waals surface area contributed by atoms with E-state index in [0.29, 0.717) is 65.3 Å². The number of ether oxygens (including phenoxy) is 2. The molecule has 2 heterocycles. The molecule has 1 aromatic heterocycles. The van der Waals surface area contributed by atoms with Crippen LogP contribution in [0.5, 0.6) is 17.2 Å². The molecule has 1 aliphatic heterocycles. The first kappa shape index (κ1) is 31.3. The molecule has 3 aromatic carbocycles. The first-order valence-electron chi connectivity index (χ1n) is 15.1. The van der Waals surface area contributed by atoms with Crippen molar-refractivity contribution in [1.29, 1.82) is 0 Å².